The fraction of sp³-hybridized carbons (Fsp3) is 0.714. The molecule has 1 fully saturated rings. The van der Waals surface area contributed by atoms with Crippen LogP contribution in [0.15, 0.2) is 5.10 Å². The largest absolute Gasteiger partial charge is 0.364 e. The smallest absolute Gasteiger partial charge is 0.186 e. The molecule has 0 aliphatic heterocycles. The van der Waals surface area contributed by atoms with Crippen LogP contribution >= 0.6 is 12.2 Å². The molecule has 0 atom stereocenters. The third kappa shape index (κ3) is 2.46. The number of hydrazone groups is 1. The average molecular weight is 171 g/mol. The summed E-state index contributed by atoms with van der Waals surface area (Å²) < 4.78 is 0. The lowest BCUT2D eigenvalue weighted by molar-refractivity contribution is 0.550. The SMILES string of the molecule is CNC(=S)NN=C1CC(C)C1. The maximum Gasteiger partial charge on any atom is 0.186 e. The Morgan fingerprint density at radius 2 is 2.27 bits per heavy atom. The molecule has 4 heteroatoms. The van der Waals surface area contributed by atoms with Crippen molar-refractivity contribution in [2.75, 3.05) is 7.05 Å². The summed E-state index contributed by atoms with van der Waals surface area (Å²) in [4.78, 5) is 0. The first-order chi connectivity index (χ1) is 5.22. The molecule has 0 unspecified atom stereocenters. The van der Waals surface area contributed by atoms with Gasteiger partial charge in [0.05, 0.1) is 0 Å². The van der Waals surface area contributed by atoms with Gasteiger partial charge >= 0.3 is 0 Å². The molecule has 1 aliphatic rings. The van der Waals surface area contributed by atoms with Crippen LogP contribution in [-0.4, -0.2) is 17.9 Å². The van der Waals surface area contributed by atoms with Gasteiger partial charge in [-0.1, -0.05) is 6.92 Å². The van der Waals surface area contributed by atoms with Crippen LogP contribution in [0.3, 0.4) is 0 Å². The third-order valence-corrected chi connectivity index (χ3v) is 2.01. The lowest BCUT2D eigenvalue weighted by Crippen LogP contribution is -2.31. The molecule has 0 aromatic carbocycles. The zero-order chi connectivity index (χ0) is 8.27. The van der Waals surface area contributed by atoms with Gasteiger partial charge in [0.15, 0.2) is 5.11 Å². The normalized spacial score (nSPS) is 22.0. The average Bonchev–Trinajstić information content (AvgIpc) is 1.95. The first-order valence-electron chi connectivity index (χ1n) is 3.75. The summed E-state index contributed by atoms with van der Waals surface area (Å²) in [6, 6.07) is 0. The molecule has 2 N–H and O–H groups in total. The molecule has 0 bridgehead atoms. The van der Waals surface area contributed by atoms with Crippen molar-refractivity contribution in [1.29, 1.82) is 0 Å². The molecule has 11 heavy (non-hydrogen) atoms. The highest BCUT2D eigenvalue weighted by molar-refractivity contribution is 7.80. The van der Waals surface area contributed by atoms with Gasteiger partial charge in [0.1, 0.15) is 0 Å². The van der Waals surface area contributed by atoms with Gasteiger partial charge in [-0.25, -0.2) is 0 Å². The van der Waals surface area contributed by atoms with E-state index in [0.29, 0.717) is 5.11 Å². The van der Waals surface area contributed by atoms with E-state index in [4.69, 9.17) is 12.2 Å². The van der Waals surface area contributed by atoms with Crippen molar-refractivity contribution in [2.45, 2.75) is 19.8 Å². The molecule has 0 aromatic heterocycles. The zero-order valence-corrected chi connectivity index (χ0v) is 7.66. The van der Waals surface area contributed by atoms with Gasteiger partial charge in [0, 0.05) is 12.8 Å². The Kier molecular flexibility index (Phi) is 2.82. The van der Waals surface area contributed by atoms with Crippen LogP contribution in [0, 0.1) is 5.92 Å². The highest BCUT2D eigenvalue weighted by Gasteiger charge is 2.19. The maximum absolute atomic E-state index is 4.85. The second-order valence-electron chi connectivity index (χ2n) is 2.88. The molecular formula is C7H13N3S. The molecule has 1 saturated carbocycles. The van der Waals surface area contributed by atoms with Gasteiger partial charge in [0.25, 0.3) is 0 Å². The van der Waals surface area contributed by atoms with Gasteiger partial charge in [0.2, 0.25) is 0 Å². The Morgan fingerprint density at radius 1 is 1.64 bits per heavy atom. The second kappa shape index (κ2) is 3.67. The van der Waals surface area contributed by atoms with E-state index in [1.807, 2.05) is 0 Å². The Bertz CT molecular complexity index is 180. The summed E-state index contributed by atoms with van der Waals surface area (Å²) in [5, 5.41) is 7.49. The predicted octanol–water partition coefficient (Wildman–Crippen LogP) is 0.866. The highest BCUT2D eigenvalue weighted by Crippen LogP contribution is 2.22. The lowest BCUT2D eigenvalue weighted by Gasteiger charge is -2.23. The number of nitrogens with one attached hydrogen (secondary N) is 2. The Labute approximate surface area is 72.2 Å². The van der Waals surface area contributed by atoms with Crippen molar-refractivity contribution < 1.29 is 0 Å². The Balaban J connectivity index is 2.21. The quantitative estimate of drug-likeness (QED) is 0.454. The van der Waals surface area contributed by atoms with E-state index < -0.39 is 0 Å². The van der Waals surface area contributed by atoms with Crippen LogP contribution in [0.2, 0.25) is 0 Å². The van der Waals surface area contributed by atoms with Gasteiger partial charge in [-0.3, -0.25) is 5.43 Å². The predicted molar refractivity (Wildman–Crippen MR) is 50.6 cm³/mol. The molecular weight excluding hydrogens is 158 g/mol. The van der Waals surface area contributed by atoms with Gasteiger partial charge in [-0.15, -0.1) is 0 Å². The Hall–Kier alpha value is -0.640. The number of nitrogens with zero attached hydrogens (tertiary/aromatic N) is 1. The third-order valence-electron chi connectivity index (χ3n) is 1.71. The minimum absolute atomic E-state index is 0.581. The molecule has 0 spiro atoms. The minimum Gasteiger partial charge on any atom is -0.364 e. The topological polar surface area (TPSA) is 36.4 Å². The number of hydrogen-bond donors (Lipinski definition) is 2. The summed E-state index contributed by atoms with van der Waals surface area (Å²) in [5.41, 5.74) is 3.98. The van der Waals surface area contributed by atoms with Crippen LogP contribution < -0.4 is 10.7 Å². The fourth-order valence-electron chi connectivity index (χ4n) is 1.02. The van der Waals surface area contributed by atoms with E-state index in [1.54, 1.807) is 7.05 Å². The van der Waals surface area contributed by atoms with Crippen LogP contribution in [0.25, 0.3) is 0 Å². The van der Waals surface area contributed by atoms with E-state index in [0.717, 1.165) is 18.8 Å². The summed E-state index contributed by atoms with van der Waals surface area (Å²) in [7, 11) is 1.78. The van der Waals surface area contributed by atoms with Crippen molar-refractivity contribution in [2.24, 2.45) is 11.0 Å². The summed E-state index contributed by atoms with van der Waals surface area (Å²) in [6.07, 6.45) is 2.22. The molecule has 0 heterocycles. The lowest BCUT2D eigenvalue weighted by atomic mass is 9.85. The van der Waals surface area contributed by atoms with Gasteiger partial charge in [-0.2, -0.15) is 5.10 Å². The van der Waals surface area contributed by atoms with Crippen molar-refractivity contribution in [3.63, 3.8) is 0 Å². The van der Waals surface area contributed by atoms with E-state index in [1.165, 1.54) is 5.71 Å². The monoisotopic (exact) mass is 171 g/mol. The van der Waals surface area contributed by atoms with Gasteiger partial charge in [-0.05, 0) is 31.0 Å². The summed E-state index contributed by atoms with van der Waals surface area (Å²) >= 11 is 4.85. The van der Waals surface area contributed by atoms with E-state index >= 15 is 0 Å². The van der Waals surface area contributed by atoms with Crippen LogP contribution in [0.1, 0.15) is 19.8 Å². The first-order valence-corrected chi connectivity index (χ1v) is 4.16. The Morgan fingerprint density at radius 3 is 2.73 bits per heavy atom. The number of rotatable bonds is 1. The van der Waals surface area contributed by atoms with Crippen molar-refractivity contribution in [1.82, 2.24) is 10.7 Å². The molecule has 0 amide bonds. The summed E-state index contributed by atoms with van der Waals surface area (Å²) in [5.74, 6) is 0.804. The zero-order valence-electron chi connectivity index (χ0n) is 6.85. The van der Waals surface area contributed by atoms with Crippen molar-refractivity contribution in [3.05, 3.63) is 0 Å². The van der Waals surface area contributed by atoms with E-state index in [9.17, 15) is 0 Å². The first kappa shape index (κ1) is 8.46. The minimum atomic E-state index is 0.581. The highest BCUT2D eigenvalue weighted by atomic mass is 32.1. The molecule has 1 rings (SSSR count). The van der Waals surface area contributed by atoms with Gasteiger partial charge < -0.3 is 5.32 Å². The van der Waals surface area contributed by atoms with E-state index in [-0.39, 0.29) is 0 Å². The molecule has 3 nitrogen and oxygen atoms in total. The van der Waals surface area contributed by atoms with Crippen LogP contribution in [0.5, 0.6) is 0 Å². The van der Waals surface area contributed by atoms with Crippen molar-refractivity contribution >= 4 is 23.0 Å². The van der Waals surface area contributed by atoms with Crippen LogP contribution in [0.4, 0.5) is 0 Å². The second-order valence-corrected chi connectivity index (χ2v) is 3.29. The van der Waals surface area contributed by atoms with Crippen molar-refractivity contribution in [3.8, 4) is 0 Å². The molecule has 0 aromatic rings. The fourth-order valence-corrected chi connectivity index (χ4v) is 1.07. The summed E-state index contributed by atoms with van der Waals surface area (Å²) in [6.45, 7) is 2.22. The number of thiocarbonyl (C=S) groups is 1. The molecule has 0 radical (unpaired) electrons. The molecule has 0 saturated heterocycles. The molecule has 62 valence electrons. The number of hydrogen-bond acceptors (Lipinski definition) is 2. The molecule has 1 aliphatic carbocycles. The van der Waals surface area contributed by atoms with E-state index in [2.05, 4.69) is 22.8 Å². The maximum atomic E-state index is 4.85. The van der Waals surface area contributed by atoms with Crippen LogP contribution in [-0.2, 0) is 0 Å². The standard InChI is InChI=1S/C7H13N3S/c1-5-3-6(4-5)9-10-7(11)8-2/h5H,3-4H2,1-2H3,(H2,8,10,11).